The number of nitrogens with one attached hydrogen (secondary N) is 1. The largest absolute Gasteiger partial charge is 0.367 e. The molecule has 0 bridgehead atoms. The molecule has 0 unspecified atom stereocenters. The lowest BCUT2D eigenvalue weighted by Gasteiger charge is -2.36. The highest BCUT2D eigenvalue weighted by atomic mass is 35.5. The molecule has 0 radical (unpaired) electrons. The number of piperazine rings is 1. The molecule has 1 saturated heterocycles. The summed E-state index contributed by atoms with van der Waals surface area (Å²) < 4.78 is 13.5. The molecule has 0 aliphatic carbocycles. The van der Waals surface area contributed by atoms with Crippen LogP contribution >= 0.6 is 22.9 Å². The summed E-state index contributed by atoms with van der Waals surface area (Å²) in [6, 6.07) is 22.8. The van der Waals surface area contributed by atoms with Crippen LogP contribution in [0.2, 0.25) is 5.02 Å². The Bertz CT molecular complexity index is 1630. The van der Waals surface area contributed by atoms with Crippen LogP contribution in [-0.4, -0.2) is 58.4 Å². The Kier molecular flexibility index (Phi) is 8.32. The molecule has 210 valence electrons. The number of para-hydroxylation sites is 2. The van der Waals surface area contributed by atoms with Crippen molar-refractivity contribution in [1.29, 1.82) is 0 Å². The van der Waals surface area contributed by atoms with Gasteiger partial charge in [-0.2, -0.15) is 0 Å². The molecule has 1 amide bonds. The number of hydrogen-bond acceptors (Lipinski definition) is 5. The third-order valence-electron chi connectivity index (χ3n) is 7.58. The van der Waals surface area contributed by atoms with Gasteiger partial charge in [-0.1, -0.05) is 54.1 Å². The van der Waals surface area contributed by atoms with E-state index < -0.39 is 0 Å². The van der Waals surface area contributed by atoms with Crippen LogP contribution in [0.1, 0.15) is 26.6 Å². The quantitative estimate of drug-likeness (QED) is 0.210. The molecule has 1 aliphatic rings. The number of aromatic nitrogens is 2. The van der Waals surface area contributed by atoms with Gasteiger partial charge in [-0.3, -0.25) is 9.69 Å². The maximum atomic E-state index is 13.5. The van der Waals surface area contributed by atoms with E-state index in [4.69, 9.17) is 16.6 Å². The number of benzene rings is 3. The number of hydrogen-bond donors (Lipinski definition) is 1. The number of carbonyl (C=O) groups excluding carboxylic acids is 1. The van der Waals surface area contributed by atoms with Crippen molar-refractivity contribution in [2.75, 3.05) is 37.6 Å². The summed E-state index contributed by atoms with van der Waals surface area (Å²) in [7, 11) is 0. The van der Waals surface area contributed by atoms with Gasteiger partial charge >= 0.3 is 0 Å². The number of fused-ring (bicyclic) bond motifs is 1. The summed E-state index contributed by atoms with van der Waals surface area (Å²) in [5, 5.41) is 4.72. The zero-order chi connectivity index (χ0) is 28.2. The molecule has 3 heterocycles. The van der Waals surface area contributed by atoms with Crippen molar-refractivity contribution >= 4 is 45.4 Å². The first-order valence-corrected chi connectivity index (χ1v) is 15.0. The number of rotatable bonds is 9. The van der Waals surface area contributed by atoms with Gasteiger partial charge in [0.15, 0.2) is 0 Å². The van der Waals surface area contributed by atoms with Gasteiger partial charge < -0.3 is 14.8 Å². The molecule has 9 heteroatoms. The van der Waals surface area contributed by atoms with Crippen LogP contribution < -0.4 is 4.90 Å². The highest BCUT2D eigenvalue weighted by Gasteiger charge is 2.25. The normalized spacial score (nSPS) is 13.8. The smallest absolute Gasteiger partial charge is 0.273 e. The van der Waals surface area contributed by atoms with Crippen molar-refractivity contribution in [3.63, 3.8) is 0 Å². The molecule has 6 rings (SSSR count). The lowest BCUT2D eigenvalue weighted by atomic mass is 10.1. The minimum atomic E-state index is -0.241. The third kappa shape index (κ3) is 6.45. The van der Waals surface area contributed by atoms with E-state index >= 15 is 0 Å². The Hall–Kier alpha value is -3.72. The summed E-state index contributed by atoms with van der Waals surface area (Å²) in [6.45, 7) is 4.77. The highest BCUT2D eigenvalue weighted by Crippen LogP contribution is 2.27. The van der Waals surface area contributed by atoms with Gasteiger partial charge in [0.05, 0.1) is 17.3 Å². The van der Waals surface area contributed by atoms with Gasteiger partial charge in [0.2, 0.25) is 0 Å². The van der Waals surface area contributed by atoms with E-state index in [2.05, 4.69) is 39.2 Å². The fourth-order valence-corrected chi connectivity index (χ4v) is 6.44. The number of amides is 1. The van der Waals surface area contributed by atoms with Crippen molar-refractivity contribution in [3.05, 3.63) is 117 Å². The number of anilines is 1. The molecule has 2 aromatic heterocycles. The summed E-state index contributed by atoms with van der Waals surface area (Å²) in [6.07, 6.45) is 2.93. The summed E-state index contributed by atoms with van der Waals surface area (Å²) >= 11 is 7.89. The van der Waals surface area contributed by atoms with Crippen LogP contribution in [0.3, 0.4) is 0 Å². The predicted octanol–water partition coefficient (Wildman–Crippen LogP) is 6.62. The number of H-pyrrole nitrogens is 1. The van der Waals surface area contributed by atoms with Crippen molar-refractivity contribution in [2.24, 2.45) is 0 Å². The molecule has 0 spiro atoms. The maximum absolute atomic E-state index is 13.5. The predicted molar refractivity (Wildman–Crippen MR) is 164 cm³/mol. The van der Waals surface area contributed by atoms with Crippen LogP contribution in [0.15, 0.2) is 84.4 Å². The van der Waals surface area contributed by atoms with E-state index in [1.165, 1.54) is 34.4 Å². The first-order valence-electron chi connectivity index (χ1n) is 13.8. The van der Waals surface area contributed by atoms with Crippen molar-refractivity contribution in [1.82, 2.24) is 19.8 Å². The average Bonchev–Trinajstić information content (AvgIpc) is 3.64. The summed E-state index contributed by atoms with van der Waals surface area (Å²) in [4.78, 5) is 27.8. The molecule has 3 aromatic carbocycles. The van der Waals surface area contributed by atoms with Crippen LogP contribution in [0.25, 0.3) is 10.9 Å². The molecule has 6 nitrogen and oxygen atoms in total. The average molecular weight is 588 g/mol. The molecule has 41 heavy (non-hydrogen) atoms. The van der Waals surface area contributed by atoms with Crippen LogP contribution in [-0.2, 0) is 19.5 Å². The van der Waals surface area contributed by atoms with Crippen molar-refractivity contribution in [3.8, 4) is 0 Å². The van der Waals surface area contributed by atoms with Crippen LogP contribution in [0.5, 0.6) is 0 Å². The molecule has 0 saturated carbocycles. The highest BCUT2D eigenvalue weighted by molar-refractivity contribution is 7.09. The van der Waals surface area contributed by atoms with E-state index in [1.54, 1.807) is 0 Å². The van der Waals surface area contributed by atoms with Crippen molar-refractivity contribution in [2.45, 2.75) is 19.5 Å². The Labute approximate surface area is 248 Å². The lowest BCUT2D eigenvalue weighted by molar-refractivity contribution is 0.0741. The van der Waals surface area contributed by atoms with E-state index in [0.29, 0.717) is 31.9 Å². The van der Waals surface area contributed by atoms with Crippen molar-refractivity contribution < 1.29 is 9.18 Å². The van der Waals surface area contributed by atoms with Gasteiger partial charge in [-0.05, 0) is 47.9 Å². The minimum Gasteiger partial charge on any atom is -0.367 e. The molecular formula is C32H31ClFN5OS. The first-order chi connectivity index (χ1) is 20.0. The van der Waals surface area contributed by atoms with E-state index in [0.717, 1.165) is 52.9 Å². The number of carbonyl (C=O) groups is 1. The fourth-order valence-electron chi connectivity index (χ4n) is 5.37. The summed E-state index contributed by atoms with van der Waals surface area (Å²) in [5.41, 5.74) is 4.93. The zero-order valence-electron chi connectivity index (χ0n) is 22.6. The van der Waals surface area contributed by atoms with Gasteiger partial charge in [0.1, 0.15) is 16.5 Å². The van der Waals surface area contributed by atoms with Gasteiger partial charge in [0.25, 0.3) is 5.91 Å². The van der Waals surface area contributed by atoms with Crippen LogP contribution in [0, 0.1) is 5.82 Å². The molecule has 1 fully saturated rings. The fraction of sp³-hybridized carbons (Fsp3) is 0.250. The lowest BCUT2D eigenvalue weighted by Crippen LogP contribution is -2.49. The topological polar surface area (TPSA) is 55.5 Å². The second-order valence-electron chi connectivity index (χ2n) is 10.3. The molecule has 1 N–H and O–H groups in total. The van der Waals surface area contributed by atoms with E-state index in [1.807, 2.05) is 52.7 Å². The molecular weight excluding hydrogens is 557 g/mol. The van der Waals surface area contributed by atoms with Gasteiger partial charge in [-0.15, -0.1) is 11.3 Å². The molecule has 1 aliphatic heterocycles. The number of aromatic amines is 1. The molecule has 0 atom stereocenters. The third-order valence-corrected chi connectivity index (χ3v) is 8.73. The monoisotopic (exact) mass is 587 g/mol. The maximum Gasteiger partial charge on any atom is 0.273 e. The van der Waals surface area contributed by atoms with E-state index in [-0.39, 0.29) is 11.7 Å². The number of halogens is 2. The van der Waals surface area contributed by atoms with E-state index in [9.17, 15) is 9.18 Å². The van der Waals surface area contributed by atoms with Gasteiger partial charge in [0, 0.05) is 61.7 Å². The second-order valence-corrected chi connectivity index (χ2v) is 11.7. The Morgan fingerprint density at radius 3 is 2.54 bits per heavy atom. The zero-order valence-corrected chi connectivity index (χ0v) is 24.2. The standard InChI is InChI=1S/C32H31ClFN5OS/c33-27-6-2-4-8-30(27)38-15-17-39(18-16-38)32(40)29-22-41-31(36-29)21-37(20-23-9-11-25(34)12-10-23)14-13-24-19-35-28-7-3-1-5-26(24)28/h1-12,19,22,35H,13-18,20-21H2. The number of thiazole rings is 1. The Morgan fingerprint density at radius 1 is 0.976 bits per heavy atom. The molecule has 5 aromatic rings. The second kappa shape index (κ2) is 12.4. The first kappa shape index (κ1) is 27.4. The SMILES string of the molecule is O=C(c1csc(CN(CCc2c[nH]c3ccccc23)Cc2ccc(F)cc2)n1)N1CCN(c2ccccc2Cl)CC1. The summed E-state index contributed by atoms with van der Waals surface area (Å²) in [5.74, 6) is -0.273. The Morgan fingerprint density at radius 2 is 1.73 bits per heavy atom. The van der Waals surface area contributed by atoms with Crippen LogP contribution in [0.4, 0.5) is 10.1 Å². The van der Waals surface area contributed by atoms with Gasteiger partial charge in [-0.25, -0.2) is 9.37 Å². The Balaban J connectivity index is 1.11. The minimum absolute atomic E-state index is 0.0322. The number of nitrogens with zero attached hydrogens (tertiary/aromatic N) is 4.